The van der Waals surface area contributed by atoms with E-state index in [0.29, 0.717) is 46.1 Å². The molecule has 0 radical (unpaired) electrons. The van der Waals surface area contributed by atoms with Gasteiger partial charge in [0.15, 0.2) is 0 Å². The van der Waals surface area contributed by atoms with E-state index in [2.05, 4.69) is 11.4 Å². The number of methoxy groups -OCH3 is 2. The molecule has 0 unspecified atom stereocenters. The molecular formula is C34H44N4O7. The van der Waals surface area contributed by atoms with Crippen molar-refractivity contribution in [3.8, 4) is 11.6 Å². The van der Waals surface area contributed by atoms with Crippen LogP contribution in [-0.4, -0.2) is 77.9 Å². The standard InChI is InChI=1S/C34H44N4O7/c1-34(2,3)29-31(39)38-18-22(17-27(38)32(40)43-5)44-30-25(35-24-14-13-21(42-4)16-26(24)36-30)10-8-6-7-9-23-19-11-12-20(15-19)28(23)45-33(41)37-29/h8,10,13-14,16,19-20,22-23,27-29H,6-7,9,11-12,15,17-18H2,1-5H3,(H,37,41)/b10-8+/t19-,20+,22+,23-,27-,28-,29+/m0/s1. The fourth-order valence-electron chi connectivity index (χ4n) is 7.70. The summed E-state index contributed by atoms with van der Waals surface area (Å²) in [4.78, 5) is 51.7. The summed E-state index contributed by atoms with van der Waals surface area (Å²) in [5, 5.41) is 2.90. The maximum Gasteiger partial charge on any atom is 0.408 e. The van der Waals surface area contributed by atoms with E-state index in [1.807, 2.05) is 39.0 Å². The number of nitrogens with zero attached hydrogens (tertiary/aromatic N) is 3. The highest BCUT2D eigenvalue weighted by molar-refractivity contribution is 5.91. The summed E-state index contributed by atoms with van der Waals surface area (Å²) in [6.45, 7) is 5.77. The number of fused-ring (bicyclic) bond motifs is 9. The van der Waals surface area contributed by atoms with Crippen molar-refractivity contribution in [2.24, 2.45) is 23.2 Å². The third kappa shape index (κ3) is 6.31. The molecule has 242 valence electrons. The first kappa shape index (κ1) is 31.1. The first-order valence-corrected chi connectivity index (χ1v) is 16.1. The lowest BCUT2D eigenvalue weighted by atomic mass is 9.83. The highest BCUT2D eigenvalue weighted by atomic mass is 16.6. The van der Waals surface area contributed by atoms with Crippen molar-refractivity contribution in [1.82, 2.24) is 20.2 Å². The first-order valence-electron chi connectivity index (χ1n) is 16.1. The molecule has 1 saturated heterocycles. The van der Waals surface area contributed by atoms with Crippen molar-refractivity contribution in [2.75, 3.05) is 20.8 Å². The third-order valence-corrected chi connectivity index (χ3v) is 9.97. The Hall–Kier alpha value is -3.89. The molecule has 2 saturated carbocycles. The van der Waals surface area contributed by atoms with Crippen LogP contribution in [-0.2, 0) is 19.1 Å². The number of benzene rings is 1. The molecular weight excluding hydrogens is 576 g/mol. The zero-order chi connectivity index (χ0) is 31.9. The summed E-state index contributed by atoms with van der Waals surface area (Å²) in [7, 11) is 2.89. The van der Waals surface area contributed by atoms with E-state index in [-0.39, 0.29) is 25.0 Å². The number of amides is 2. The van der Waals surface area contributed by atoms with Crippen molar-refractivity contribution >= 4 is 35.1 Å². The minimum Gasteiger partial charge on any atom is -0.497 e. The second kappa shape index (κ2) is 12.5. The number of esters is 1. The van der Waals surface area contributed by atoms with Gasteiger partial charge in [-0.3, -0.25) is 4.79 Å². The molecule has 4 aliphatic rings. The van der Waals surface area contributed by atoms with Gasteiger partial charge >= 0.3 is 12.1 Å². The normalized spacial score (nSPS) is 31.1. The number of carbonyl (C=O) groups is 3. The summed E-state index contributed by atoms with van der Waals surface area (Å²) < 4.78 is 23.1. The predicted octanol–water partition coefficient (Wildman–Crippen LogP) is 4.91. The number of aromatic nitrogens is 2. The van der Waals surface area contributed by atoms with Gasteiger partial charge in [-0.15, -0.1) is 0 Å². The molecule has 3 heterocycles. The fourth-order valence-corrected chi connectivity index (χ4v) is 7.70. The van der Waals surface area contributed by atoms with E-state index in [0.717, 1.165) is 32.1 Å². The van der Waals surface area contributed by atoms with Gasteiger partial charge in [-0.1, -0.05) is 26.8 Å². The Labute approximate surface area is 264 Å². The minimum atomic E-state index is -0.932. The summed E-state index contributed by atoms with van der Waals surface area (Å²) in [6.07, 6.45) is 8.94. The molecule has 7 atom stereocenters. The van der Waals surface area contributed by atoms with E-state index < -0.39 is 35.7 Å². The molecule has 1 aromatic carbocycles. The second-order valence-electron chi connectivity index (χ2n) is 13.9. The van der Waals surface area contributed by atoms with Gasteiger partial charge in [0.2, 0.25) is 11.8 Å². The maximum absolute atomic E-state index is 14.2. The van der Waals surface area contributed by atoms with E-state index in [1.165, 1.54) is 18.4 Å². The largest absolute Gasteiger partial charge is 0.497 e. The van der Waals surface area contributed by atoms with Crippen molar-refractivity contribution in [3.63, 3.8) is 0 Å². The van der Waals surface area contributed by atoms with Crippen molar-refractivity contribution in [1.29, 1.82) is 0 Å². The van der Waals surface area contributed by atoms with Crippen molar-refractivity contribution < 1.29 is 33.3 Å². The summed E-state index contributed by atoms with van der Waals surface area (Å²) in [5.41, 5.74) is 1.23. The number of hydrogen-bond donors (Lipinski definition) is 1. The van der Waals surface area contributed by atoms with Crippen LogP contribution in [0.15, 0.2) is 24.3 Å². The average Bonchev–Trinajstić information content (AvgIpc) is 3.74. The monoisotopic (exact) mass is 620 g/mol. The van der Waals surface area contributed by atoms with E-state index in [4.69, 9.17) is 28.9 Å². The molecule has 2 aliphatic heterocycles. The fraction of sp³-hybridized carbons (Fsp3) is 0.618. The van der Waals surface area contributed by atoms with Crippen LogP contribution in [0.1, 0.15) is 71.4 Å². The summed E-state index contributed by atoms with van der Waals surface area (Å²) in [5.74, 6) is 1.23. The molecule has 1 N–H and O–H groups in total. The van der Waals surface area contributed by atoms with Crippen LogP contribution in [0.4, 0.5) is 4.79 Å². The van der Waals surface area contributed by atoms with E-state index >= 15 is 0 Å². The molecule has 6 rings (SSSR count). The Morgan fingerprint density at radius 2 is 1.82 bits per heavy atom. The minimum absolute atomic E-state index is 0.108. The number of ether oxygens (including phenoxy) is 4. The molecule has 2 aliphatic carbocycles. The number of allylic oxidation sites excluding steroid dienone is 1. The first-order chi connectivity index (χ1) is 21.5. The number of carbonyl (C=O) groups excluding carboxylic acids is 3. The van der Waals surface area contributed by atoms with Crippen LogP contribution in [0.25, 0.3) is 17.1 Å². The lowest BCUT2D eigenvalue weighted by molar-refractivity contribution is -0.152. The maximum atomic E-state index is 14.2. The molecule has 11 heteroatoms. The van der Waals surface area contributed by atoms with Crippen molar-refractivity contribution in [3.05, 3.63) is 30.0 Å². The summed E-state index contributed by atoms with van der Waals surface area (Å²) >= 11 is 0. The molecule has 45 heavy (non-hydrogen) atoms. The molecule has 11 nitrogen and oxygen atoms in total. The zero-order valence-electron chi connectivity index (χ0n) is 26.8. The van der Waals surface area contributed by atoms with Crippen LogP contribution in [0.3, 0.4) is 0 Å². The lowest BCUT2D eigenvalue weighted by Gasteiger charge is -2.36. The van der Waals surface area contributed by atoms with Gasteiger partial charge in [-0.25, -0.2) is 19.6 Å². The number of rotatable bonds is 2. The van der Waals surface area contributed by atoms with E-state index in [1.54, 1.807) is 13.2 Å². The second-order valence-corrected chi connectivity index (χ2v) is 13.9. The lowest BCUT2D eigenvalue weighted by Crippen LogP contribution is -2.57. The van der Waals surface area contributed by atoms with E-state index in [9.17, 15) is 14.4 Å². The van der Waals surface area contributed by atoms with Gasteiger partial charge in [0, 0.05) is 12.5 Å². The molecule has 1 aromatic heterocycles. The van der Waals surface area contributed by atoms with Gasteiger partial charge in [-0.05, 0) is 79.9 Å². The highest BCUT2D eigenvalue weighted by Crippen LogP contribution is 2.51. The molecule has 4 bridgehead atoms. The topological polar surface area (TPSA) is 129 Å². The van der Waals surface area contributed by atoms with Gasteiger partial charge in [0.1, 0.15) is 35.7 Å². The van der Waals surface area contributed by atoms with Crippen LogP contribution in [0, 0.1) is 23.2 Å². The highest BCUT2D eigenvalue weighted by Gasteiger charge is 2.50. The Bertz CT molecular complexity index is 1490. The van der Waals surface area contributed by atoms with Crippen LogP contribution >= 0.6 is 0 Å². The molecule has 3 fully saturated rings. The van der Waals surface area contributed by atoms with Crippen LogP contribution in [0.5, 0.6) is 11.6 Å². The van der Waals surface area contributed by atoms with Crippen molar-refractivity contribution in [2.45, 2.75) is 90.0 Å². The molecule has 2 aromatic rings. The smallest absolute Gasteiger partial charge is 0.408 e. The Morgan fingerprint density at radius 1 is 1.02 bits per heavy atom. The SMILES string of the molecule is COC(=O)[C@@H]1C[C@@H]2CN1C(=O)[C@H](C(C)(C)C)NC(=O)O[C@H]1[C@@H]3CC[C@@H](C3)[C@@H]1CCC/C=C/c1nc3ccc(OC)cc3nc1O2. The zero-order valence-corrected chi connectivity index (χ0v) is 26.8. The van der Waals surface area contributed by atoms with Crippen LogP contribution < -0.4 is 14.8 Å². The predicted molar refractivity (Wildman–Crippen MR) is 166 cm³/mol. The van der Waals surface area contributed by atoms with Crippen LogP contribution in [0.2, 0.25) is 0 Å². The number of nitrogens with one attached hydrogen (secondary N) is 1. The third-order valence-electron chi connectivity index (χ3n) is 9.97. The van der Waals surface area contributed by atoms with Gasteiger partial charge in [0.25, 0.3) is 0 Å². The molecule has 0 spiro atoms. The molecule has 2 amide bonds. The quantitative estimate of drug-likeness (QED) is 0.466. The number of hydrogen-bond acceptors (Lipinski definition) is 9. The Balaban J connectivity index is 1.37. The Morgan fingerprint density at radius 3 is 2.58 bits per heavy atom. The van der Waals surface area contributed by atoms with Gasteiger partial charge in [-0.2, -0.15) is 0 Å². The number of alkyl carbamates (subject to hydrolysis) is 1. The summed E-state index contributed by atoms with van der Waals surface area (Å²) in [6, 6.07) is 3.68. The Kier molecular flexibility index (Phi) is 8.63. The average molecular weight is 621 g/mol. The van der Waals surface area contributed by atoms with Gasteiger partial charge < -0.3 is 29.2 Å². The van der Waals surface area contributed by atoms with Gasteiger partial charge in [0.05, 0.1) is 31.8 Å².